The molecule has 21 heavy (non-hydrogen) atoms. The van der Waals surface area contributed by atoms with Crippen molar-refractivity contribution < 1.29 is 9.18 Å². The van der Waals surface area contributed by atoms with Crippen molar-refractivity contribution in [3.8, 4) is 0 Å². The van der Waals surface area contributed by atoms with Gasteiger partial charge in [-0.15, -0.1) is 10.2 Å². The highest BCUT2D eigenvalue weighted by Gasteiger charge is 2.30. The number of carbonyl (C=O) groups excluding carboxylic acids is 1. The van der Waals surface area contributed by atoms with Crippen LogP contribution in [-0.4, -0.2) is 26.3 Å². The molecule has 0 amide bonds. The van der Waals surface area contributed by atoms with Gasteiger partial charge < -0.3 is 4.57 Å². The SMILES string of the molecule is CCn1c(SCC(=O)c2ccccc2F)nnc1C1CC1. The molecule has 0 atom stereocenters. The van der Waals surface area contributed by atoms with Crippen LogP contribution >= 0.6 is 11.8 Å². The van der Waals surface area contributed by atoms with Gasteiger partial charge in [0.15, 0.2) is 10.9 Å². The van der Waals surface area contributed by atoms with Crippen LogP contribution in [-0.2, 0) is 6.54 Å². The van der Waals surface area contributed by atoms with E-state index in [4.69, 9.17) is 0 Å². The van der Waals surface area contributed by atoms with Gasteiger partial charge in [0.25, 0.3) is 0 Å². The Labute approximate surface area is 126 Å². The van der Waals surface area contributed by atoms with Crippen molar-refractivity contribution in [3.63, 3.8) is 0 Å². The third-order valence-corrected chi connectivity index (χ3v) is 4.48. The minimum atomic E-state index is -0.473. The van der Waals surface area contributed by atoms with E-state index in [2.05, 4.69) is 14.8 Å². The molecule has 0 unspecified atom stereocenters. The van der Waals surface area contributed by atoms with E-state index < -0.39 is 5.82 Å². The molecule has 0 spiro atoms. The van der Waals surface area contributed by atoms with Crippen molar-refractivity contribution in [3.05, 3.63) is 41.5 Å². The standard InChI is InChI=1S/C15H16FN3OS/c1-2-19-14(10-7-8-10)17-18-15(19)21-9-13(20)11-5-3-4-6-12(11)16/h3-6,10H,2,7-9H2,1H3. The lowest BCUT2D eigenvalue weighted by Gasteiger charge is -2.06. The molecule has 1 aliphatic rings. The molecule has 0 radical (unpaired) electrons. The summed E-state index contributed by atoms with van der Waals surface area (Å²) in [6.07, 6.45) is 2.33. The van der Waals surface area contributed by atoms with Crippen molar-refractivity contribution in [2.24, 2.45) is 0 Å². The van der Waals surface area contributed by atoms with Crippen molar-refractivity contribution in [2.45, 2.75) is 37.4 Å². The van der Waals surface area contributed by atoms with Gasteiger partial charge >= 0.3 is 0 Å². The van der Waals surface area contributed by atoms with Crippen LogP contribution in [0.4, 0.5) is 4.39 Å². The van der Waals surface area contributed by atoms with Gasteiger partial charge in [0.1, 0.15) is 11.6 Å². The van der Waals surface area contributed by atoms with E-state index in [1.54, 1.807) is 12.1 Å². The van der Waals surface area contributed by atoms with Gasteiger partial charge in [0, 0.05) is 12.5 Å². The minimum absolute atomic E-state index is 0.134. The Hall–Kier alpha value is -1.69. The third kappa shape index (κ3) is 3.00. The normalized spacial score (nSPS) is 14.4. The summed E-state index contributed by atoms with van der Waals surface area (Å²) in [4.78, 5) is 12.1. The number of hydrogen-bond acceptors (Lipinski definition) is 4. The summed E-state index contributed by atoms with van der Waals surface area (Å²) in [5, 5.41) is 9.13. The summed E-state index contributed by atoms with van der Waals surface area (Å²) in [5.74, 6) is 1.01. The fourth-order valence-electron chi connectivity index (χ4n) is 2.24. The Morgan fingerprint density at radius 3 is 2.81 bits per heavy atom. The van der Waals surface area contributed by atoms with E-state index in [0.29, 0.717) is 5.92 Å². The number of nitrogens with zero attached hydrogens (tertiary/aromatic N) is 3. The third-order valence-electron chi connectivity index (χ3n) is 3.51. The molecule has 2 aromatic rings. The Balaban J connectivity index is 1.70. The van der Waals surface area contributed by atoms with Crippen molar-refractivity contribution in [1.82, 2.24) is 14.8 Å². The number of hydrogen-bond donors (Lipinski definition) is 0. The maximum Gasteiger partial charge on any atom is 0.191 e. The molecule has 4 nitrogen and oxygen atoms in total. The number of carbonyl (C=O) groups is 1. The number of rotatable bonds is 6. The fourth-order valence-corrected chi connectivity index (χ4v) is 3.14. The lowest BCUT2D eigenvalue weighted by molar-refractivity contribution is 0.101. The molecule has 0 aliphatic heterocycles. The summed E-state index contributed by atoms with van der Waals surface area (Å²) in [6.45, 7) is 2.83. The molecule has 1 fully saturated rings. The maximum atomic E-state index is 13.6. The van der Waals surface area contributed by atoms with Crippen LogP contribution in [0.1, 0.15) is 41.9 Å². The number of thioether (sulfide) groups is 1. The number of benzene rings is 1. The monoisotopic (exact) mass is 305 g/mol. The topological polar surface area (TPSA) is 47.8 Å². The van der Waals surface area contributed by atoms with Crippen molar-refractivity contribution >= 4 is 17.5 Å². The lowest BCUT2D eigenvalue weighted by Crippen LogP contribution is -2.07. The molecule has 0 saturated heterocycles. The van der Waals surface area contributed by atoms with E-state index >= 15 is 0 Å². The number of halogens is 1. The second kappa shape index (κ2) is 5.97. The van der Waals surface area contributed by atoms with Crippen LogP contribution < -0.4 is 0 Å². The van der Waals surface area contributed by atoms with Crippen LogP contribution in [0, 0.1) is 5.82 Å². The van der Waals surface area contributed by atoms with E-state index in [1.807, 2.05) is 6.92 Å². The summed E-state index contributed by atoms with van der Waals surface area (Å²) < 4.78 is 15.6. The molecule has 1 aromatic heterocycles. The average Bonchev–Trinajstić information content (AvgIpc) is 3.25. The van der Waals surface area contributed by atoms with E-state index in [0.717, 1.165) is 30.4 Å². The molecule has 0 bridgehead atoms. The second-order valence-corrected chi connectivity index (χ2v) is 5.99. The minimum Gasteiger partial charge on any atom is -0.306 e. The zero-order valence-electron chi connectivity index (χ0n) is 11.8. The van der Waals surface area contributed by atoms with E-state index in [-0.39, 0.29) is 17.1 Å². The van der Waals surface area contributed by atoms with Gasteiger partial charge in [-0.25, -0.2) is 4.39 Å². The van der Waals surface area contributed by atoms with Gasteiger partial charge in [-0.3, -0.25) is 4.79 Å². The van der Waals surface area contributed by atoms with Gasteiger partial charge in [-0.05, 0) is 31.9 Å². The largest absolute Gasteiger partial charge is 0.306 e. The molecule has 1 heterocycles. The molecular formula is C15H16FN3OS. The molecule has 6 heteroatoms. The lowest BCUT2D eigenvalue weighted by atomic mass is 10.1. The average molecular weight is 305 g/mol. The molecule has 1 saturated carbocycles. The zero-order chi connectivity index (χ0) is 14.8. The van der Waals surface area contributed by atoms with Gasteiger partial charge in [0.05, 0.1) is 11.3 Å². The van der Waals surface area contributed by atoms with Gasteiger partial charge in [0.2, 0.25) is 0 Å². The first kappa shape index (κ1) is 14.3. The van der Waals surface area contributed by atoms with Crippen LogP contribution in [0.5, 0.6) is 0 Å². The molecule has 1 aliphatic carbocycles. The zero-order valence-corrected chi connectivity index (χ0v) is 12.6. The highest BCUT2D eigenvalue weighted by molar-refractivity contribution is 7.99. The Kier molecular flexibility index (Phi) is 4.05. The first-order valence-corrected chi connectivity index (χ1v) is 8.03. The predicted octanol–water partition coefficient (Wildman–Crippen LogP) is 3.29. The molecular weight excluding hydrogens is 289 g/mol. The van der Waals surface area contributed by atoms with E-state index in [9.17, 15) is 9.18 Å². The predicted molar refractivity (Wildman–Crippen MR) is 79.1 cm³/mol. The quantitative estimate of drug-likeness (QED) is 0.607. The Morgan fingerprint density at radius 1 is 1.38 bits per heavy atom. The van der Waals surface area contributed by atoms with Gasteiger partial charge in [-0.2, -0.15) is 0 Å². The summed E-state index contributed by atoms with van der Waals surface area (Å²) in [7, 11) is 0. The highest BCUT2D eigenvalue weighted by Crippen LogP contribution is 2.40. The first-order chi connectivity index (χ1) is 10.2. The molecule has 0 N–H and O–H groups in total. The summed E-state index contributed by atoms with van der Waals surface area (Å²) in [5.41, 5.74) is 0.134. The number of Topliss-reactive ketones (excluding diaryl/α,β-unsaturated/α-hetero) is 1. The van der Waals surface area contributed by atoms with Crippen molar-refractivity contribution in [2.75, 3.05) is 5.75 Å². The number of aromatic nitrogens is 3. The first-order valence-electron chi connectivity index (χ1n) is 7.04. The Bertz CT molecular complexity index is 667. The number of ketones is 1. The molecule has 1 aromatic carbocycles. The molecule has 3 rings (SSSR count). The highest BCUT2D eigenvalue weighted by atomic mass is 32.2. The molecule has 110 valence electrons. The van der Waals surface area contributed by atoms with Crippen LogP contribution in [0.15, 0.2) is 29.4 Å². The maximum absolute atomic E-state index is 13.6. The second-order valence-electron chi connectivity index (χ2n) is 5.05. The Morgan fingerprint density at radius 2 is 2.14 bits per heavy atom. The van der Waals surface area contributed by atoms with Crippen molar-refractivity contribution in [1.29, 1.82) is 0 Å². The summed E-state index contributed by atoms with van der Waals surface area (Å²) >= 11 is 1.32. The van der Waals surface area contributed by atoms with E-state index in [1.165, 1.54) is 23.9 Å². The fraction of sp³-hybridized carbons (Fsp3) is 0.400. The van der Waals surface area contributed by atoms with Gasteiger partial charge in [-0.1, -0.05) is 23.9 Å². The smallest absolute Gasteiger partial charge is 0.191 e. The summed E-state index contributed by atoms with van der Waals surface area (Å²) in [6, 6.07) is 6.06. The van der Waals surface area contributed by atoms with Crippen LogP contribution in [0.3, 0.4) is 0 Å². The van der Waals surface area contributed by atoms with Crippen LogP contribution in [0.25, 0.3) is 0 Å². The van der Waals surface area contributed by atoms with Crippen LogP contribution in [0.2, 0.25) is 0 Å².